The number of anilines is 1. The third kappa shape index (κ3) is 4.25. The maximum absolute atomic E-state index is 12.0. The van der Waals surface area contributed by atoms with Gasteiger partial charge in [0.15, 0.2) is 5.75 Å². The number of pyridine rings is 1. The predicted molar refractivity (Wildman–Crippen MR) is 88.5 cm³/mol. The van der Waals surface area contributed by atoms with Crippen molar-refractivity contribution in [3.05, 3.63) is 16.7 Å². The number of nitrogens with zero attached hydrogens (tertiary/aromatic N) is 3. The number of ether oxygens (including phenoxy) is 2. The van der Waals surface area contributed by atoms with E-state index < -0.39 is 5.60 Å². The topological polar surface area (TPSA) is 54.9 Å². The Kier molecular flexibility index (Phi) is 5.16. The fraction of sp³-hybridized carbons (Fsp3) is 0.600. The molecule has 2 heterocycles. The number of aromatic nitrogens is 1. The lowest BCUT2D eigenvalue weighted by atomic mass is 10.2. The van der Waals surface area contributed by atoms with Gasteiger partial charge in [0, 0.05) is 26.2 Å². The van der Waals surface area contributed by atoms with Crippen molar-refractivity contribution in [2.45, 2.75) is 26.4 Å². The molecule has 1 amide bonds. The lowest BCUT2D eigenvalue weighted by Crippen LogP contribution is -2.50. The van der Waals surface area contributed by atoms with E-state index in [1.807, 2.05) is 32.9 Å². The van der Waals surface area contributed by atoms with Crippen LogP contribution in [0.2, 0.25) is 0 Å². The Bertz CT molecular complexity index is 537. The van der Waals surface area contributed by atoms with Crippen molar-refractivity contribution in [1.29, 1.82) is 0 Å². The SMILES string of the molecule is COc1ccc(N2CCN(C(=O)OC(C)(C)C)CC2)nc1Br. The molecule has 1 aliphatic heterocycles. The second-order valence-corrected chi connectivity index (χ2v) is 6.87. The molecular formula is C15H22BrN3O3. The lowest BCUT2D eigenvalue weighted by Gasteiger charge is -2.36. The van der Waals surface area contributed by atoms with Gasteiger partial charge in [-0.05, 0) is 48.8 Å². The van der Waals surface area contributed by atoms with E-state index in [4.69, 9.17) is 9.47 Å². The van der Waals surface area contributed by atoms with Gasteiger partial charge in [0.25, 0.3) is 0 Å². The van der Waals surface area contributed by atoms with Crippen molar-refractivity contribution in [2.24, 2.45) is 0 Å². The Balaban J connectivity index is 1.94. The smallest absolute Gasteiger partial charge is 0.410 e. The Morgan fingerprint density at radius 3 is 2.36 bits per heavy atom. The minimum absolute atomic E-state index is 0.254. The first-order chi connectivity index (χ1) is 10.3. The number of halogens is 1. The summed E-state index contributed by atoms with van der Waals surface area (Å²) in [6.45, 7) is 8.33. The zero-order valence-corrected chi connectivity index (χ0v) is 15.0. The van der Waals surface area contributed by atoms with Gasteiger partial charge in [-0.25, -0.2) is 9.78 Å². The summed E-state index contributed by atoms with van der Waals surface area (Å²) in [6.07, 6.45) is -0.254. The third-order valence-electron chi connectivity index (χ3n) is 3.28. The Morgan fingerprint density at radius 1 is 1.23 bits per heavy atom. The molecule has 0 aromatic carbocycles. The standard InChI is InChI=1S/C15H22BrN3O3/c1-15(2,3)22-14(20)19-9-7-18(8-10-19)12-6-5-11(21-4)13(16)17-12/h5-6H,7-10H2,1-4H3. The summed E-state index contributed by atoms with van der Waals surface area (Å²) < 4.78 is 11.3. The van der Waals surface area contributed by atoms with Gasteiger partial charge in [-0.2, -0.15) is 0 Å². The number of carbonyl (C=O) groups excluding carboxylic acids is 1. The van der Waals surface area contributed by atoms with E-state index >= 15 is 0 Å². The van der Waals surface area contributed by atoms with Crippen molar-refractivity contribution in [3.8, 4) is 5.75 Å². The Labute approximate surface area is 139 Å². The van der Waals surface area contributed by atoms with E-state index in [2.05, 4.69) is 25.8 Å². The summed E-state index contributed by atoms with van der Waals surface area (Å²) in [5.74, 6) is 1.58. The van der Waals surface area contributed by atoms with Crippen molar-refractivity contribution in [2.75, 3.05) is 38.2 Å². The molecule has 1 fully saturated rings. The molecule has 6 nitrogen and oxygen atoms in total. The van der Waals surface area contributed by atoms with Gasteiger partial charge in [-0.1, -0.05) is 0 Å². The number of hydrogen-bond acceptors (Lipinski definition) is 5. The van der Waals surface area contributed by atoms with E-state index in [1.54, 1.807) is 12.0 Å². The normalized spacial score (nSPS) is 15.7. The van der Waals surface area contributed by atoms with Crippen LogP contribution >= 0.6 is 15.9 Å². The molecule has 22 heavy (non-hydrogen) atoms. The van der Waals surface area contributed by atoms with Crippen LogP contribution in [0, 0.1) is 0 Å². The molecule has 0 N–H and O–H groups in total. The van der Waals surface area contributed by atoms with E-state index in [9.17, 15) is 4.79 Å². The van der Waals surface area contributed by atoms with Crippen LogP contribution in [-0.4, -0.2) is 54.9 Å². The zero-order chi connectivity index (χ0) is 16.3. The van der Waals surface area contributed by atoms with Crippen molar-refractivity contribution >= 4 is 27.8 Å². The summed E-state index contributed by atoms with van der Waals surface area (Å²) >= 11 is 3.39. The third-order valence-corrected chi connectivity index (χ3v) is 3.84. The quantitative estimate of drug-likeness (QED) is 0.748. The van der Waals surface area contributed by atoms with Crippen LogP contribution in [-0.2, 0) is 4.74 Å². The highest BCUT2D eigenvalue weighted by atomic mass is 79.9. The molecule has 0 radical (unpaired) electrons. The molecule has 0 unspecified atom stereocenters. The van der Waals surface area contributed by atoms with Gasteiger partial charge in [-0.15, -0.1) is 0 Å². The molecule has 0 bridgehead atoms. The number of rotatable bonds is 2. The average molecular weight is 372 g/mol. The first-order valence-corrected chi connectivity index (χ1v) is 8.03. The lowest BCUT2D eigenvalue weighted by molar-refractivity contribution is 0.0240. The Morgan fingerprint density at radius 2 is 1.86 bits per heavy atom. The second-order valence-electron chi connectivity index (χ2n) is 6.12. The van der Waals surface area contributed by atoms with Gasteiger partial charge in [0.2, 0.25) is 0 Å². The molecule has 0 aliphatic carbocycles. The molecule has 122 valence electrons. The molecule has 0 atom stereocenters. The van der Waals surface area contributed by atoms with Gasteiger partial charge in [-0.3, -0.25) is 0 Å². The number of hydrogen-bond donors (Lipinski definition) is 0. The fourth-order valence-electron chi connectivity index (χ4n) is 2.18. The number of methoxy groups -OCH3 is 1. The molecule has 0 saturated carbocycles. The van der Waals surface area contributed by atoms with Crippen LogP contribution in [0.4, 0.5) is 10.6 Å². The molecule has 1 aliphatic rings. The number of piperazine rings is 1. The molecular weight excluding hydrogens is 350 g/mol. The van der Waals surface area contributed by atoms with E-state index in [-0.39, 0.29) is 6.09 Å². The zero-order valence-electron chi connectivity index (χ0n) is 13.4. The maximum Gasteiger partial charge on any atom is 0.410 e. The molecule has 7 heteroatoms. The summed E-state index contributed by atoms with van der Waals surface area (Å²) in [5, 5.41) is 0. The van der Waals surface area contributed by atoms with Crippen LogP contribution in [0.1, 0.15) is 20.8 Å². The van der Waals surface area contributed by atoms with Crippen LogP contribution < -0.4 is 9.64 Å². The summed E-state index contributed by atoms with van der Waals surface area (Å²) in [4.78, 5) is 20.4. The number of amides is 1. The molecule has 2 rings (SSSR count). The summed E-state index contributed by atoms with van der Waals surface area (Å²) in [5.41, 5.74) is -0.462. The van der Waals surface area contributed by atoms with Crippen LogP contribution in [0.3, 0.4) is 0 Å². The van der Waals surface area contributed by atoms with E-state index in [1.165, 1.54) is 0 Å². The second kappa shape index (κ2) is 6.73. The Hall–Kier alpha value is -1.50. The summed E-state index contributed by atoms with van der Waals surface area (Å²) in [6, 6.07) is 3.80. The van der Waals surface area contributed by atoms with Crippen molar-refractivity contribution < 1.29 is 14.3 Å². The van der Waals surface area contributed by atoms with Crippen LogP contribution in [0.5, 0.6) is 5.75 Å². The minimum Gasteiger partial charge on any atom is -0.494 e. The highest BCUT2D eigenvalue weighted by molar-refractivity contribution is 9.10. The van der Waals surface area contributed by atoms with E-state index in [0.29, 0.717) is 23.4 Å². The summed E-state index contributed by atoms with van der Waals surface area (Å²) in [7, 11) is 1.61. The predicted octanol–water partition coefficient (Wildman–Crippen LogP) is 2.91. The first-order valence-electron chi connectivity index (χ1n) is 7.23. The van der Waals surface area contributed by atoms with Crippen molar-refractivity contribution in [1.82, 2.24) is 9.88 Å². The van der Waals surface area contributed by atoms with Gasteiger partial charge >= 0.3 is 6.09 Å². The van der Waals surface area contributed by atoms with E-state index in [0.717, 1.165) is 18.9 Å². The molecule has 1 aromatic rings. The molecule has 1 saturated heterocycles. The molecule has 0 spiro atoms. The monoisotopic (exact) mass is 371 g/mol. The molecule has 1 aromatic heterocycles. The number of carbonyl (C=O) groups is 1. The fourth-order valence-corrected chi connectivity index (χ4v) is 2.66. The van der Waals surface area contributed by atoms with Gasteiger partial charge in [0.05, 0.1) is 7.11 Å². The van der Waals surface area contributed by atoms with Crippen molar-refractivity contribution in [3.63, 3.8) is 0 Å². The largest absolute Gasteiger partial charge is 0.494 e. The average Bonchev–Trinajstić information content (AvgIpc) is 2.45. The van der Waals surface area contributed by atoms with Crippen LogP contribution in [0.25, 0.3) is 0 Å². The highest BCUT2D eigenvalue weighted by Gasteiger charge is 2.26. The first kappa shape index (κ1) is 16.9. The minimum atomic E-state index is -0.462. The van der Waals surface area contributed by atoms with Gasteiger partial charge < -0.3 is 19.3 Å². The maximum atomic E-state index is 12.0. The van der Waals surface area contributed by atoms with Crippen LogP contribution in [0.15, 0.2) is 16.7 Å². The van der Waals surface area contributed by atoms with Gasteiger partial charge in [0.1, 0.15) is 16.0 Å². The highest BCUT2D eigenvalue weighted by Crippen LogP contribution is 2.26.